The van der Waals surface area contributed by atoms with Gasteiger partial charge in [0.2, 0.25) is 5.91 Å². The second-order valence-electron chi connectivity index (χ2n) is 6.54. The monoisotopic (exact) mass is 401 g/mol. The third-order valence-electron chi connectivity index (χ3n) is 4.20. The third kappa shape index (κ3) is 6.82. The SMILES string of the molecule is CCCc1ccc(C(=O)COC(=O)CC(NC(C)=O)c2ccc(Cl)cc2)cc1. The zero-order valence-corrected chi connectivity index (χ0v) is 16.8. The van der Waals surface area contributed by atoms with E-state index < -0.39 is 12.0 Å². The second-order valence-corrected chi connectivity index (χ2v) is 6.98. The molecule has 0 heterocycles. The van der Waals surface area contributed by atoms with Crippen LogP contribution >= 0.6 is 11.6 Å². The summed E-state index contributed by atoms with van der Waals surface area (Å²) in [6.07, 6.45) is 1.91. The first-order valence-electron chi connectivity index (χ1n) is 9.19. The predicted octanol–water partition coefficient (Wildman–Crippen LogP) is 4.29. The Labute approximate surface area is 170 Å². The summed E-state index contributed by atoms with van der Waals surface area (Å²) in [5.41, 5.74) is 2.40. The van der Waals surface area contributed by atoms with Gasteiger partial charge in [-0.25, -0.2) is 0 Å². The van der Waals surface area contributed by atoms with E-state index >= 15 is 0 Å². The molecule has 0 aliphatic carbocycles. The van der Waals surface area contributed by atoms with Crippen LogP contribution in [0, 0.1) is 0 Å². The van der Waals surface area contributed by atoms with Crippen molar-refractivity contribution in [1.82, 2.24) is 5.32 Å². The van der Waals surface area contributed by atoms with E-state index in [0.29, 0.717) is 10.6 Å². The second kappa shape index (κ2) is 10.6. The Morgan fingerprint density at radius 1 is 1.04 bits per heavy atom. The van der Waals surface area contributed by atoms with Gasteiger partial charge in [-0.2, -0.15) is 0 Å². The van der Waals surface area contributed by atoms with Crippen molar-refractivity contribution in [2.45, 2.75) is 39.2 Å². The van der Waals surface area contributed by atoms with E-state index in [4.69, 9.17) is 16.3 Å². The Morgan fingerprint density at radius 2 is 1.68 bits per heavy atom. The normalized spacial score (nSPS) is 11.5. The van der Waals surface area contributed by atoms with Crippen LogP contribution in [0.2, 0.25) is 5.02 Å². The van der Waals surface area contributed by atoms with Crippen molar-refractivity contribution in [2.24, 2.45) is 0 Å². The van der Waals surface area contributed by atoms with E-state index in [1.54, 1.807) is 36.4 Å². The van der Waals surface area contributed by atoms with Gasteiger partial charge in [0.25, 0.3) is 0 Å². The number of Topliss-reactive ketones (excluding diaryl/α,β-unsaturated/α-hetero) is 1. The third-order valence-corrected chi connectivity index (χ3v) is 4.45. The first kappa shape index (κ1) is 21.6. The predicted molar refractivity (Wildman–Crippen MR) is 108 cm³/mol. The average molecular weight is 402 g/mol. The van der Waals surface area contributed by atoms with Gasteiger partial charge in [-0.1, -0.05) is 61.3 Å². The van der Waals surface area contributed by atoms with Gasteiger partial charge in [-0.15, -0.1) is 0 Å². The van der Waals surface area contributed by atoms with Crippen LogP contribution in [0.4, 0.5) is 0 Å². The van der Waals surface area contributed by atoms with Crippen LogP contribution in [0.15, 0.2) is 48.5 Å². The fraction of sp³-hybridized carbons (Fsp3) is 0.318. The zero-order chi connectivity index (χ0) is 20.5. The highest BCUT2D eigenvalue weighted by molar-refractivity contribution is 6.30. The minimum Gasteiger partial charge on any atom is -0.457 e. The molecule has 2 aromatic rings. The number of ether oxygens (including phenoxy) is 1. The van der Waals surface area contributed by atoms with Gasteiger partial charge >= 0.3 is 5.97 Å². The highest BCUT2D eigenvalue weighted by Crippen LogP contribution is 2.20. The summed E-state index contributed by atoms with van der Waals surface area (Å²) in [7, 11) is 0. The Balaban J connectivity index is 1.93. The molecule has 0 spiro atoms. The largest absolute Gasteiger partial charge is 0.457 e. The summed E-state index contributed by atoms with van der Waals surface area (Å²) >= 11 is 5.88. The molecule has 5 nitrogen and oxygen atoms in total. The molecule has 0 aliphatic rings. The first-order chi connectivity index (χ1) is 13.4. The minimum atomic E-state index is -0.565. The van der Waals surface area contributed by atoms with Crippen molar-refractivity contribution in [3.8, 4) is 0 Å². The molecule has 0 saturated carbocycles. The van der Waals surface area contributed by atoms with Crippen molar-refractivity contribution < 1.29 is 19.1 Å². The number of amides is 1. The van der Waals surface area contributed by atoms with Gasteiger partial charge in [0.15, 0.2) is 12.4 Å². The van der Waals surface area contributed by atoms with E-state index in [9.17, 15) is 14.4 Å². The fourth-order valence-corrected chi connectivity index (χ4v) is 2.92. The van der Waals surface area contributed by atoms with Gasteiger partial charge < -0.3 is 10.1 Å². The van der Waals surface area contributed by atoms with Crippen LogP contribution < -0.4 is 5.32 Å². The molecule has 0 aliphatic heterocycles. The van der Waals surface area contributed by atoms with Crippen LogP contribution in [0.25, 0.3) is 0 Å². The van der Waals surface area contributed by atoms with Gasteiger partial charge in [-0.05, 0) is 29.7 Å². The van der Waals surface area contributed by atoms with Gasteiger partial charge in [0.1, 0.15) is 0 Å². The summed E-state index contributed by atoms with van der Waals surface area (Å²) in [6, 6.07) is 13.6. The molecule has 1 unspecified atom stereocenters. The molecular formula is C22H24ClNO4. The number of hydrogen-bond donors (Lipinski definition) is 1. The number of hydrogen-bond acceptors (Lipinski definition) is 4. The maximum absolute atomic E-state index is 12.2. The van der Waals surface area contributed by atoms with Crippen LogP contribution in [0.1, 0.15) is 54.2 Å². The number of rotatable bonds is 9. The van der Waals surface area contributed by atoms with Gasteiger partial charge in [0, 0.05) is 17.5 Å². The molecule has 1 N–H and O–H groups in total. The number of halogens is 1. The van der Waals surface area contributed by atoms with Crippen molar-refractivity contribution in [3.05, 3.63) is 70.2 Å². The maximum Gasteiger partial charge on any atom is 0.308 e. The van der Waals surface area contributed by atoms with Crippen molar-refractivity contribution >= 4 is 29.3 Å². The van der Waals surface area contributed by atoms with E-state index in [-0.39, 0.29) is 24.7 Å². The van der Waals surface area contributed by atoms with Gasteiger partial charge in [0.05, 0.1) is 12.5 Å². The number of nitrogens with one attached hydrogen (secondary N) is 1. The molecule has 2 rings (SSSR count). The van der Waals surface area contributed by atoms with Crippen molar-refractivity contribution in [1.29, 1.82) is 0 Å². The lowest BCUT2D eigenvalue weighted by Crippen LogP contribution is -2.29. The molecule has 6 heteroatoms. The zero-order valence-electron chi connectivity index (χ0n) is 16.0. The highest BCUT2D eigenvalue weighted by Gasteiger charge is 2.19. The molecule has 28 heavy (non-hydrogen) atoms. The van der Waals surface area contributed by atoms with Crippen LogP contribution in [0.5, 0.6) is 0 Å². The lowest BCUT2D eigenvalue weighted by atomic mass is 10.0. The minimum absolute atomic E-state index is 0.0794. The van der Waals surface area contributed by atoms with E-state index in [2.05, 4.69) is 12.2 Å². The molecular weight excluding hydrogens is 378 g/mol. The number of benzene rings is 2. The Hall–Kier alpha value is -2.66. The number of ketones is 1. The van der Waals surface area contributed by atoms with Gasteiger partial charge in [-0.3, -0.25) is 14.4 Å². The summed E-state index contributed by atoms with van der Waals surface area (Å²) in [6.45, 7) is 3.14. The maximum atomic E-state index is 12.2. The van der Waals surface area contributed by atoms with Crippen molar-refractivity contribution in [2.75, 3.05) is 6.61 Å². The molecule has 1 amide bonds. The summed E-state index contributed by atoms with van der Waals surface area (Å²) < 4.78 is 5.13. The average Bonchev–Trinajstić information content (AvgIpc) is 2.67. The Morgan fingerprint density at radius 3 is 2.25 bits per heavy atom. The van der Waals surface area contributed by atoms with Crippen LogP contribution in [-0.2, 0) is 20.7 Å². The molecule has 1 atom stereocenters. The van der Waals surface area contributed by atoms with E-state index in [1.165, 1.54) is 6.92 Å². The van der Waals surface area contributed by atoms with Crippen LogP contribution in [0.3, 0.4) is 0 Å². The topological polar surface area (TPSA) is 72.5 Å². The quantitative estimate of drug-likeness (QED) is 0.502. The lowest BCUT2D eigenvalue weighted by Gasteiger charge is -2.17. The molecule has 0 aromatic heterocycles. The smallest absolute Gasteiger partial charge is 0.308 e. The molecule has 0 fully saturated rings. The van der Waals surface area contributed by atoms with E-state index in [1.807, 2.05) is 12.1 Å². The standard InChI is InChI=1S/C22H24ClNO4/c1-3-4-16-5-7-18(8-6-16)21(26)14-28-22(27)13-20(24-15(2)25)17-9-11-19(23)12-10-17/h5-12,20H,3-4,13-14H2,1-2H3,(H,24,25). The molecule has 148 valence electrons. The Kier molecular flexibility index (Phi) is 8.20. The first-order valence-corrected chi connectivity index (χ1v) is 9.57. The molecule has 0 bridgehead atoms. The fourth-order valence-electron chi connectivity index (χ4n) is 2.79. The number of esters is 1. The molecule has 0 saturated heterocycles. The highest BCUT2D eigenvalue weighted by atomic mass is 35.5. The Bertz CT molecular complexity index is 815. The number of carbonyl (C=O) groups is 3. The van der Waals surface area contributed by atoms with E-state index in [0.717, 1.165) is 24.0 Å². The summed E-state index contributed by atoms with van der Waals surface area (Å²) in [4.78, 5) is 35.9. The number of aryl methyl sites for hydroxylation is 1. The molecule has 2 aromatic carbocycles. The summed E-state index contributed by atoms with van der Waals surface area (Å²) in [5, 5.41) is 3.28. The summed E-state index contributed by atoms with van der Waals surface area (Å²) in [5.74, 6) is -1.10. The number of carbonyl (C=O) groups excluding carboxylic acids is 3. The van der Waals surface area contributed by atoms with Crippen LogP contribution in [-0.4, -0.2) is 24.3 Å². The lowest BCUT2D eigenvalue weighted by molar-refractivity contribution is -0.143. The van der Waals surface area contributed by atoms with Crippen molar-refractivity contribution in [3.63, 3.8) is 0 Å². The molecule has 0 radical (unpaired) electrons.